The normalized spacial score (nSPS) is 20.6. The Kier molecular flexibility index (Phi) is 7.78. The minimum Gasteiger partial charge on any atom is -0.494 e. The van der Waals surface area contributed by atoms with Crippen LogP contribution in [-0.2, 0) is 4.74 Å². The average molecular weight is 376 g/mol. The molecule has 2 aliphatic heterocycles. The van der Waals surface area contributed by atoms with Crippen molar-refractivity contribution in [1.82, 2.24) is 15.1 Å². The number of morpholine rings is 1. The van der Waals surface area contributed by atoms with Crippen LogP contribution in [0.25, 0.3) is 0 Å². The van der Waals surface area contributed by atoms with Gasteiger partial charge < -0.3 is 19.7 Å². The molecule has 2 amide bonds. The fourth-order valence-corrected chi connectivity index (χ4v) is 3.89. The molecule has 3 rings (SSSR count). The number of likely N-dealkylation sites (tertiary alicyclic amines) is 1. The van der Waals surface area contributed by atoms with Gasteiger partial charge >= 0.3 is 6.03 Å². The Morgan fingerprint density at radius 1 is 1.19 bits per heavy atom. The van der Waals surface area contributed by atoms with Crippen molar-refractivity contribution in [3.8, 4) is 5.75 Å². The summed E-state index contributed by atoms with van der Waals surface area (Å²) in [5, 5.41) is 3.11. The zero-order chi connectivity index (χ0) is 18.9. The van der Waals surface area contributed by atoms with Gasteiger partial charge in [0.05, 0.1) is 25.9 Å². The van der Waals surface area contributed by atoms with Crippen LogP contribution in [0, 0.1) is 0 Å². The molecule has 1 aromatic carbocycles. The molecule has 6 heteroatoms. The lowest BCUT2D eigenvalue weighted by Crippen LogP contribution is -2.40. The van der Waals surface area contributed by atoms with Crippen LogP contribution in [0.2, 0.25) is 0 Å². The lowest BCUT2D eigenvalue weighted by molar-refractivity contribution is 0.0372. The number of rotatable bonds is 8. The summed E-state index contributed by atoms with van der Waals surface area (Å²) < 4.78 is 10.9. The Labute approximate surface area is 162 Å². The summed E-state index contributed by atoms with van der Waals surface area (Å²) >= 11 is 0. The summed E-state index contributed by atoms with van der Waals surface area (Å²) in [4.78, 5) is 17.0. The van der Waals surface area contributed by atoms with Crippen LogP contribution in [-0.4, -0.2) is 68.4 Å². The zero-order valence-corrected chi connectivity index (χ0v) is 16.5. The smallest absolute Gasteiger partial charge is 0.317 e. The van der Waals surface area contributed by atoms with E-state index in [0.29, 0.717) is 6.61 Å². The minimum atomic E-state index is 0.0674. The van der Waals surface area contributed by atoms with Gasteiger partial charge in [-0.25, -0.2) is 4.79 Å². The molecule has 0 saturated carbocycles. The van der Waals surface area contributed by atoms with E-state index in [2.05, 4.69) is 22.3 Å². The number of nitrogens with zero attached hydrogens (tertiary/aromatic N) is 2. The largest absolute Gasteiger partial charge is 0.494 e. The minimum absolute atomic E-state index is 0.0674. The van der Waals surface area contributed by atoms with Gasteiger partial charge in [0.25, 0.3) is 0 Å². The number of nitrogens with one attached hydrogen (secondary N) is 1. The highest BCUT2D eigenvalue weighted by molar-refractivity contribution is 5.75. The molecule has 1 atom stereocenters. The van der Waals surface area contributed by atoms with Crippen molar-refractivity contribution in [3.05, 3.63) is 29.8 Å². The molecule has 1 unspecified atom stereocenters. The Morgan fingerprint density at radius 3 is 2.70 bits per heavy atom. The topological polar surface area (TPSA) is 54.0 Å². The van der Waals surface area contributed by atoms with Gasteiger partial charge in [0.15, 0.2) is 0 Å². The van der Waals surface area contributed by atoms with E-state index in [0.717, 1.165) is 77.4 Å². The molecule has 2 fully saturated rings. The van der Waals surface area contributed by atoms with E-state index < -0.39 is 0 Å². The second-order valence-electron chi connectivity index (χ2n) is 7.25. The molecule has 0 spiro atoms. The first-order valence-corrected chi connectivity index (χ1v) is 10.3. The summed E-state index contributed by atoms with van der Waals surface area (Å²) in [7, 11) is 0. The maximum absolute atomic E-state index is 12.6. The molecule has 1 N–H and O–H groups in total. The molecule has 0 bridgehead atoms. The molecule has 150 valence electrons. The lowest BCUT2D eigenvalue weighted by atomic mass is 10.0. The summed E-state index contributed by atoms with van der Waals surface area (Å²) in [5.41, 5.74) is 1.19. The first-order chi connectivity index (χ1) is 13.3. The van der Waals surface area contributed by atoms with Crippen molar-refractivity contribution in [3.63, 3.8) is 0 Å². The molecule has 0 aromatic heterocycles. The third-order valence-electron chi connectivity index (χ3n) is 5.37. The van der Waals surface area contributed by atoms with Crippen LogP contribution < -0.4 is 10.1 Å². The summed E-state index contributed by atoms with van der Waals surface area (Å²) in [6.07, 6.45) is 4.22. The van der Waals surface area contributed by atoms with Crippen LogP contribution in [0.15, 0.2) is 24.3 Å². The molecule has 1 aromatic rings. The number of carbonyl (C=O) groups excluding carboxylic acids is 1. The number of ether oxygens (including phenoxy) is 2. The Bertz CT molecular complexity index is 573. The van der Waals surface area contributed by atoms with Gasteiger partial charge in [-0.15, -0.1) is 0 Å². The zero-order valence-electron chi connectivity index (χ0n) is 16.5. The van der Waals surface area contributed by atoms with Crippen molar-refractivity contribution in [2.45, 2.75) is 38.6 Å². The summed E-state index contributed by atoms with van der Waals surface area (Å²) in [6.45, 7) is 9.08. The van der Waals surface area contributed by atoms with E-state index >= 15 is 0 Å². The highest BCUT2D eigenvalue weighted by Crippen LogP contribution is 2.32. The standard InChI is InChI=1S/C21H33N3O3/c1-2-27-19-9-7-18(8-10-19)20-6-5-13-24(20)21(25)22-11-3-4-12-23-14-16-26-17-15-23/h7-10,20H,2-6,11-17H2,1H3,(H,22,25). The fourth-order valence-electron chi connectivity index (χ4n) is 3.89. The Hall–Kier alpha value is -1.79. The van der Waals surface area contributed by atoms with Crippen molar-refractivity contribution in [2.75, 3.05) is 52.5 Å². The second kappa shape index (κ2) is 10.5. The Morgan fingerprint density at radius 2 is 1.96 bits per heavy atom. The van der Waals surface area contributed by atoms with Crippen molar-refractivity contribution < 1.29 is 14.3 Å². The van der Waals surface area contributed by atoms with E-state index in [1.54, 1.807) is 0 Å². The average Bonchev–Trinajstić information content (AvgIpc) is 3.19. The second-order valence-corrected chi connectivity index (χ2v) is 7.25. The molecule has 2 heterocycles. The number of unbranched alkanes of at least 4 members (excludes halogenated alkanes) is 1. The maximum Gasteiger partial charge on any atom is 0.317 e. The molecule has 6 nitrogen and oxygen atoms in total. The molecule has 0 aliphatic carbocycles. The lowest BCUT2D eigenvalue weighted by Gasteiger charge is -2.27. The van der Waals surface area contributed by atoms with Gasteiger partial charge in [-0.1, -0.05) is 12.1 Å². The van der Waals surface area contributed by atoms with Gasteiger partial charge in [-0.05, 0) is 56.8 Å². The van der Waals surface area contributed by atoms with Crippen LogP contribution >= 0.6 is 0 Å². The molecule has 0 radical (unpaired) electrons. The van der Waals surface area contributed by atoms with Gasteiger partial charge in [-0.2, -0.15) is 0 Å². The van der Waals surface area contributed by atoms with E-state index in [-0.39, 0.29) is 12.1 Å². The van der Waals surface area contributed by atoms with E-state index in [9.17, 15) is 4.79 Å². The van der Waals surface area contributed by atoms with Gasteiger partial charge in [-0.3, -0.25) is 4.90 Å². The third-order valence-corrected chi connectivity index (χ3v) is 5.37. The van der Waals surface area contributed by atoms with Crippen LogP contribution in [0.1, 0.15) is 44.2 Å². The van der Waals surface area contributed by atoms with Crippen LogP contribution in [0.4, 0.5) is 4.79 Å². The molecule has 2 aliphatic rings. The molecule has 2 saturated heterocycles. The Balaban J connectivity index is 1.40. The molecular weight excluding hydrogens is 342 g/mol. The predicted molar refractivity (Wildman–Crippen MR) is 106 cm³/mol. The SMILES string of the molecule is CCOc1ccc(C2CCCN2C(=O)NCCCCN2CCOCC2)cc1. The summed E-state index contributed by atoms with van der Waals surface area (Å²) in [5.74, 6) is 0.885. The van der Waals surface area contributed by atoms with Crippen molar-refractivity contribution in [1.29, 1.82) is 0 Å². The van der Waals surface area contributed by atoms with E-state index in [1.165, 1.54) is 5.56 Å². The van der Waals surface area contributed by atoms with Crippen LogP contribution in [0.3, 0.4) is 0 Å². The van der Waals surface area contributed by atoms with Crippen molar-refractivity contribution >= 4 is 6.03 Å². The number of benzene rings is 1. The first-order valence-electron chi connectivity index (χ1n) is 10.3. The highest BCUT2D eigenvalue weighted by Gasteiger charge is 2.29. The number of hydrogen-bond acceptors (Lipinski definition) is 4. The van der Waals surface area contributed by atoms with E-state index in [1.807, 2.05) is 24.0 Å². The monoisotopic (exact) mass is 375 g/mol. The highest BCUT2D eigenvalue weighted by atomic mass is 16.5. The number of amides is 2. The molecule has 27 heavy (non-hydrogen) atoms. The number of hydrogen-bond donors (Lipinski definition) is 1. The number of urea groups is 1. The third kappa shape index (κ3) is 5.84. The van der Waals surface area contributed by atoms with Gasteiger partial charge in [0.2, 0.25) is 0 Å². The molecular formula is C21H33N3O3. The predicted octanol–water partition coefficient (Wildman–Crippen LogP) is 3.04. The van der Waals surface area contributed by atoms with Crippen molar-refractivity contribution in [2.24, 2.45) is 0 Å². The maximum atomic E-state index is 12.6. The van der Waals surface area contributed by atoms with Crippen LogP contribution in [0.5, 0.6) is 5.75 Å². The van der Waals surface area contributed by atoms with E-state index in [4.69, 9.17) is 9.47 Å². The quantitative estimate of drug-likeness (QED) is 0.710. The fraction of sp³-hybridized carbons (Fsp3) is 0.667. The van der Waals surface area contributed by atoms with Gasteiger partial charge in [0.1, 0.15) is 5.75 Å². The number of carbonyl (C=O) groups is 1. The van der Waals surface area contributed by atoms with Gasteiger partial charge in [0, 0.05) is 26.2 Å². The first kappa shape index (κ1) is 20.0. The summed E-state index contributed by atoms with van der Waals surface area (Å²) in [6, 6.07) is 8.41.